The molecule has 0 saturated heterocycles. The Morgan fingerprint density at radius 1 is 1.47 bits per heavy atom. The van der Waals surface area contributed by atoms with Crippen LogP contribution in [0.2, 0.25) is 5.02 Å². The average molecular weight is 284 g/mol. The van der Waals surface area contributed by atoms with E-state index in [1.54, 1.807) is 25.4 Å². The number of nitrogens with zero attached hydrogens (tertiary/aromatic N) is 1. The van der Waals surface area contributed by atoms with Gasteiger partial charge in [0, 0.05) is 19.2 Å². The van der Waals surface area contributed by atoms with Gasteiger partial charge in [-0.1, -0.05) is 11.6 Å². The molecule has 6 heteroatoms. The molecule has 0 aliphatic carbocycles. The van der Waals surface area contributed by atoms with Crippen molar-refractivity contribution in [2.24, 2.45) is 0 Å². The average Bonchev–Trinajstić information content (AvgIpc) is 2.87. The van der Waals surface area contributed by atoms with Crippen LogP contribution in [0.15, 0.2) is 24.4 Å². The number of methoxy groups -OCH3 is 1. The van der Waals surface area contributed by atoms with Gasteiger partial charge in [0.1, 0.15) is 11.6 Å². The van der Waals surface area contributed by atoms with Crippen molar-refractivity contribution in [3.05, 3.63) is 41.1 Å². The van der Waals surface area contributed by atoms with Gasteiger partial charge in [0.15, 0.2) is 0 Å². The van der Waals surface area contributed by atoms with Gasteiger partial charge >= 0.3 is 0 Å². The van der Waals surface area contributed by atoms with E-state index in [2.05, 4.69) is 15.3 Å². The van der Waals surface area contributed by atoms with Gasteiger partial charge in [-0.2, -0.15) is 0 Å². The maximum Gasteiger partial charge on any atom is 0.141 e. The first kappa shape index (κ1) is 14.0. The molecule has 2 aromatic rings. The third-order valence-corrected chi connectivity index (χ3v) is 2.92. The number of ether oxygens (including phenoxy) is 1. The number of H-pyrrole nitrogens is 1. The second kappa shape index (κ2) is 6.65. The molecule has 0 amide bonds. The maximum absolute atomic E-state index is 13.1. The van der Waals surface area contributed by atoms with Crippen LogP contribution in [-0.2, 0) is 11.3 Å². The minimum atomic E-state index is -0.425. The lowest BCUT2D eigenvalue weighted by atomic mass is 10.2. The first-order valence-electron chi connectivity index (χ1n) is 5.89. The lowest BCUT2D eigenvalue weighted by Crippen LogP contribution is -2.19. The van der Waals surface area contributed by atoms with Gasteiger partial charge in [0.25, 0.3) is 0 Å². The second-order valence-electron chi connectivity index (χ2n) is 4.04. The first-order chi connectivity index (χ1) is 9.20. The number of aromatic nitrogens is 2. The fourth-order valence-corrected chi connectivity index (χ4v) is 1.82. The third-order valence-electron chi connectivity index (χ3n) is 2.63. The highest BCUT2D eigenvalue weighted by Crippen LogP contribution is 2.23. The Hall–Kier alpha value is -1.43. The van der Waals surface area contributed by atoms with Crippen LogP contribution in [0.4, 0.5) is 4.39 Å². The number of hydrogen-bond donors (Lipinski definition) is 2. The van der Waals surface area contributed by atoms with Gasteiger partial charge in [-0.15, -0.1) is 0 Å². The van der Waals surface area contributed by atoms with Crippen molar-refractivity contribution in [2.45, 2.75) is 6.54 Å². The highest BCUT2D eigenvalue weighted by Gasteiger charge is 2.06. The molecule has 0 aliphatic heterocycles. The van der Waals surface area contributed by atoms with Crippen LogP contribution in [-0.4, -0.2) is 30.2 Å². The van der Waals surface area contributed by atoms with Gasteiger partial charge < -0.3 is 15.0 Å². The SMILES string of the molecule is COCCNCc1ncc(-c2ccc(F)c(Cl)c2)[nH]1. The summed E-state index contributed by atoms with van der Waals surface area (Å²) in [6, 6.07) is 4.58. The van der Waals surface area contributed by atoms with E-state index in [1.807, 2.05) is 0 Å². The summed E-state index contributed by atoms with van der Waals surface area (Å²) in [6.45, 7) is 2.04. The summed E-state index contributed by atoms with van der Waals surface area (Å²) in [5, 5.41) is 3.29. The quantitative estimate of drug-likeness (QED) is 0.801. The monoisotopic (exact) mass is 283 g/mol. The topological polar surface area (TPSA) is 49.9 Å². The van der Waals surface area contributed by atoms with Crippen LogP contribution >= 0.6 is 11.6 Å². The van der Waals surface area contributed by atoms with Crippen LogP contribution < -0.4 is 5.32 Å². The van der Waals surface area contributed by atoms with E-state index in [1.165, 1.54) is 6.07 Å². The van der Waals surface area contributed by atoms with Crippen molar-refractivity contribution in [1.82, 2.24) is 15.3 Å². The van der Waals surface area contributed by atoms with Crippen molar-refractivity contribution in [3.8, 4) is 11.3 Å². The third kappa shape index (κ3) is 3.76. The number of hydrogen-bond acceptors (Lipinski definition) is 3. The molecule has 102 valence electrons. The molecule has 0 atom stereocenters. The number of benzene rings is 1. The smallest absolute Gasteiger partial charge is 0.141 e. The molecule has 0 bridgehead atoms. The Kier molecular flexibility index (Phi) is 4.90. The van der Waals surface area contributed by atoms with E-state index < -0.39 is 5.82 Å². The summed E-state index contributed by atoms with van der Waals surface area (Å²) >= 11 is 5.75. The molecule has 1 heterocycles. The van der Waals surface area contributed by atoms with Gasteiger partial charge in [-0.25, -0.2) is 9.37 Å². The van der Waals surface area contributed by atoms with Crippen molar-refractivity contribution < 1.29 is 9.13 Å². The minimum absolute atomic E-state index is 0.104. The molecule has 19 heavy (non-hydrogen) atoms. The van der Waals surface area contributed by atoms with Gasteiger partial charge in [-0.05, 0) is 18.2 Å². The summed E-state index contributed by atoms with van der Waals surface area (Å²) in [5.41, 5.74) is 1.62. The van der Waals surface area contributed by atoms with E-state index in [4.69, 9.17) is 16.3 Å². The Labute approximate surface area is 116 Å². The van der Waals surface area contributed by atoms with E-state index in [0.29, 0.717) is 13.2 Å². The second-order valence-corrected chi connectivity index (χ2v) is 4.45. The Balaban J connectivity index is 2.01. The molecule has 0 unspecified atom stereocenters. The Morgan fingerprint density at radius 2 is 2.32 bits per heavy atom. The summed E-state index contributed by atoms with van der Waals surface area (Å²) < 4.78 is 18.0. The van der Waals surface area contributed by atoms with Crippen LogP contribution in [0.3, 0.4) is 0 Å². The molecule has 0 spiro atoms. The minimum Gasteiger partial charge on any atom is -0.383 e. The lowest BCUT2D eigenvalue weighted by molar-refractivity contribution is 0.199. The predicted octanol–water partition coefficient (Wildman–Crippen LogP) is 2.61. The van der Waals surface area contributed by atoms with Crippen molar-refractivity contribution in [1.29, 1.82) is 0 Å². The highest BCUT2D eigenvalue weighted by molar-refractivity contribution is 6.31. The zero-order valence-corrected chi connectivity index (χ0v) is 11.3. The first-order valence-corrected chi connectivity index (χ1v) is 6.27. The van der Waals surface area contributed by atoms with E-state index in [-0.39, 0.29) is 5.02 Å². The van der Waals surface area contributed by atoms with E-state index in [0.717, 1.165) is 23.6 Å². The van der Waals surface area contributed by atoms with Gasteiger partial charge in [-0.3, -0.25) is 0 Å². The largest absolute Gasteiger partial charge is 0.383 e. The molecule has 0 saturated carbocycles. The Morgan fingerprint density at radius 3 is 3.05 bits per heavy atom. The molecule has 0 radical (unpaired) electrons. The number of aromatic amines is 1. The zero-order chi connectivity index (χ0) is 13.7. The molecule has 1 aromatic carbocycles. The lowest BCUT2D eigenvalue weighted by Gasteiger charge is -2.01. The fraction of sp³-hybridized carbons (Fsp3) is 0.308. The number of rotatable bonds is 6. The predicted molar refractivity (Wildman–Crippen MR) is 72.6 cm³/mol. The highest BCUT2D eigenvalue weighted by atomic mass is 35.5. The van der Waals surface area contributed by atoms with Crippen LogP contribution in [0.1, 0.15) is 5.82 Å². The molecule has 4 nitrogen and oxygen atoms in total. The van der Waals surface area contributed by atoms with Crippen LogP contribution in [0.25, 0.3) is 11.3 Å². The van der Waals surface area contributed by atoms with E-state index >= 15 is 0 Å². The molecule has 1 aromatic heterocycles. The van der Waals surface area contributed by atoms with Crippen molar-refractivity contribution in [2.75, 3.05) is 20.3 Å². The molecular weight excluding hydrogens is 269 g/mol. The summed E-state index contributed by atoms with van der Waals surface area (Å²) in [5.74, 6) is 0.387. The molecular formula is C13H15ClFN3O. The molecule has 0 fully saturated rings. The van der Waals surface area contributed by atoms with E-state index in [9.17, 15) is 4.39 Å². The molecule has 2 rings (SSSR count). The molecule has 2 N–H and O–H groups in total. The maximum atomic E-state index is 13.1. The fourth-order valence-electron chi connectivity index (χ4n) is 1.64. The van der Waals surface area contributed by atoms with Crippen LogP contribution in [0, 0.1) is 5.82 Å². The summed E-state index contributed by atoms with van der Waals surface area (Å²) in [6.07, 6.45) is 1.71. The molecule has 0 aliphatic rings. The van der Waals surface area contributed by atoms with Gasteiger partial charge in [0.05, 0.1) is 30.1 Å². The standard InChI is InChI=1S/C13H15ClFN3O/c1-19-5-4-16-8-13-17-7-12(18-13)9-2-3-11(15)10(14)6-9/h2-3,6-7,16H,4-5,8H2,1H3,(H,17,18). The Bertz CT molecular complexity index is 544. The van der Waals surface area contributed by atoms with Gasteiger partial charge in [0.2, 0.25) is 0 Å². The summed E-state index contributed by atoms with van der Waals surface area (Å²) in [7, 11) is 1.66. The summed E-state index contributed by atoms with van der Waals surface area (Å²) in [4.78, 5) is 7.40. The zero-order valence-electron chi connectivity index (χ0n) is 10.5. The van der Waals surface area contributed by atoms with Crippen LogP contribution in [0.5, 0.6) is 0 Å². The number of nitrogens with one attached hydrogen (secondary N) is 2. The normalized spacial score (nSPS) is 10.9. The van der Waals surface area contributed by atoms with Crippen molar-refractivity contribution >= 4 is 11.6 Å². The number of halogens is 2. The van der Waals surface area contributed by atoms with Crippen molar-refractivity contribution in [3.63, 3.8) is 0 Å². The number of imidazole rings is 1.